The summed E-state index contributed by atoms with van der Waals surface area (Å²) < 4.78 is 15.7. The van der Waals surface area contributed by atoms with Crippen LogP contribution in [0.5, 0.6) is 0 Å². The number of carbonyl (C=O) groups excluding carboxylic acids is 1. The van der Waals surface area contributed by atoms with E-state index in [0.717, 1.165) is 19.4 Å². The molecule has 0 radical (unpaired) electrons. The lowest BCUT2D eigenvalue weighted by Gasteiger charge is -2.24. The van der Waals surface area contributed by atoms with Crippen molar-refractivity contribution in [2.45, 2.75) is 31.0 Å². The second kappa shape index (κ2) is 9.11. The van der Waals surface area contributed by atoms with Gasteiger partial charge in [0.25, 0.3) is 5.56 Å². The monoisotopic (exact) mass is 479 g/mol. The first-order chi connectivity index (χ1) is 16.0. The molecule has 5 rings (SSSR count). The molecule has 5 nitrogen and oxygen atoms in total. The molecule has 3 heterocycles. The van der Waals surface area contributed by atoms with Crippen molar-refractivity contribution in [2.24, 2.45) is 0 Å². The summed E-state index contributed by atoms with van der Waals surface area (Å²) in [5, 5.41) is 2.86. The highest BCUT2D eigenvalue weighted by Crippen LogP contribution is 2.35. The lowest BCUT2D eigenvalue weighted by molar-refractivity contribution is -0.129. The molecule has 1 aliphatic heterocycles. The number of thioether (sulfide) groups is 1. The Balaban J connectivity index is 1.49. The van der Waals surface area contributed by atoms with Crippen LogP contribution < -0.4 is 5.56 Å². The maximum atomic E-state index is 14.3. The second-order valence-electron chi connectivity index (χ2n) is 8.03. The third-order valence-electron chi connectivity index (χ3n) is 5.93. The number of aryl methyl sites for hydroxylation is 1. The molecule has 4 aromatic rings. The summed E-state index contributed by atoms with van der Waals surface area (Å²) in [5.74, 6) is -0.226. The van der Waals surface area contributed by atoms with Crippen molar-refractivity contribution in [3.8, 4) is 5.69 Å². The first kappa shape index (κ1) is 21.9. The minimum absolute atomic E-state index is 0.0138. The first-order valence-corrected chi connectivity index (χ1v) is 12.6. The molecule has 1 atom stereocenters. The standard InChI is InChI=1S/C25H22FN3O2S2/c1-16-10-11-17(14-19(16)26)29-24(31)18-6-2-3-7-20(18)27-25(29)33-15-23(30)28-12-4-8-21(28)22-9-5-13-32-22/h2-3,5-7,9-11,13-14,21H,4,8,12,15H2,1H3. The molecule has 1 fully saturated rings. The van der Waals surface area contributed by atoms with Gasteiger partial charge in [0.1, 0.15) is 5.82 Å². The number of thiophene rings is 1. The van der Waals surface area contributed by atoms with Gasteiger partial charge in [-0.1, -0.05) is 36.0 Å². The molecule has 8 heteroatoms. The van der Waals surface area contributed by atoms with Gasteiger partial charge in [-0.05, 0) is 61.0 Å². The Morgan fingerprint density at radius 2 is 2.06 bits per heavy atom. The van der Waals surface area contributed by atoms with Crippen LogP contribution in [0.15, 0.2) is 69.9 Å². The molecule has 0 aliphatic carbocycles. The van der Waals surface area contributed by atoms with Gasteiger partial charge in [0.2, 0.25) is 5.91 Å². The van der Waals surface area contributed by atoms with Crippen molar-refractivity contribution in [3.05, 3.63) is 86.6 Å². The fraction of sp³-hybridized carbons (Fsp3) is 0.240. The van der Waals surface area contributed by atoms with Crippen LogP contribution >= 0.6 is 23.1 Å². The largest absolute Gasteiger partial charge is 0.334 e. The van der Waals surface area contributed by atoms with Crippen molar-refractivity contribution >= 4 is 39.9 Å². The SMILES string of the molecule is Cc1ccc(-n2c(SCC(=O)N3CCCC3c3cccs3)nc3ccccc3c2=O)cc1F. The molecule has 2 aromatic heterocycles. The van der Waals surface area contributed by atoms with Gasteiger partial charge in [0.05, 0.1) is 28.4 Å². The lowest BCUT2D eigenvalue weighted by atomic mass is 10.2. The van der Waals surface area contributed by atoms with Crippen LogP contribution in [0.25, 0.3) is 16.6 Å². The van der Waals surface area contributed by atoms with Crippen LogP contribution in [-0.4, -0.2) is 32.7 Å². The number of aromatic nitrogens is 2. The lowest BCUT2D eigenvalue weighted by Crippen LogP contribution is -2.32. The summed E-state index contributed by atoms with van der Waals surface area (Å²) in [7, 11) is 0. The number of nitrogens with zero attached hydrogens (tertiary/aromatic N) is 3. The molecule has 0 spiro atoms. The molecule has 2 aromatic carbocycles. The van der Waals surface area contributed by atoms with E-state index in [1.165, 1.54) is 27.3 Å². The summed E-state index contributed by atoms with van der Waals surface area (Å²) in [6.07, 6.45) is 1.93. The molecular formula is C25H22FN3O2S2. The minimum Gasteiger partial charge on any atom is -0.334 e. The van der Waals surface area contributed by atoms with E-state index < -0.39 is 5.82 Å². The van der Waals surface area contributed by atoms with Gasteiger partial charge < -0.3 is 4.90 Å². The molecule has 0 saturated carbocycles. The zero-order valence-electron chi connectivity index (χ0n) is 18.0. The molecule has 0 bridgehead atoms. The Bertz CT molecular complexity index is 1380. The van der Waals surface area contributed by atoms with E-state index in [9.17, 15) is 14.0 Å². The molecule has 1 saturated heterocycles. The predicted molar refractivity (Wildman–Crippen MR) is 131 cm³/mol. The number of hydrogen-bond acceptors (Lipinski definition) is 5. The van der Waals surface area contributed by atoms with Crippen LogP contribution in [0.3, 0.4) is 0 Å². The molecule has 0 N–H and O–H groups in total. The fourth-order valence-electron chi connectivity index (χ4n) is 4.21. The van der Waals surface area contributed by atoms with Gasteiger partial charge in [0.15, 0.2) is 5.16 Å². The van der Waals surface area contributed by atoms with E-state index in [1.54, 1.807) is 48.6 Å². The number of para-hydroxylation sites is 1. The molecule has 1 amide bonds. The van der Waals surface area contributed by atoms with Gasteiger partial charge >= 0.3 is 0 Å². The summed E-state index contributed by atoms with van der Waals surface area (Å²) in [4.78, 5) is 34.3. The van der Waals surface area contributed by atoms with E-state index in [-0.39, 0.29) is 23.3 Å². The highest BCUT2D eigenvalue weighted by atomic mass is 32.2. The maximum Gasteiger partial charge on any atom is 0.266 e. The Kier molecular flexibility index (Phi) is 6.03. The Labute approximate surface area is 198 Å². The van der Waals surface area contributed by atoms with Crippen molar-refractivity contribution in [1.29, 1.82) is 0 Å². The van der Waals surface area contributed by atoms with Crippen molar-refractivity contribution in [1.82, 2.24) is 14.5 Å². The number of likely N-dealkylation sites (tertiary alicyclic amines) is 1. The molecule has 1 aliphatic rings. The van der Waals surface area contributed by atoms with Gasteiger partial charge in [-0.25, -0.2) is 9.37 Å². The molecule has 168 valence electrons. The number of hydrogen-bond donors (Lipinski definition) is 0. The van der Waals surface area contributed by atoms with Crippen molar-refractivity contribution < 1.29 is 9.18 Å². The van der Waals surface area contributed by atoms with Gasteiger partial charge in [0, 0.05) is 11.4 Å². The number of rotatable bonds is 5. The van der Waals surface area contributed by atoms with Crippen LogP contribution in [0, 0.1) is 12.7 Å². The molecular weight excluding hydrogens is 457 g/mol. The first-order valence-electron chi connectivity index (χ1n) is 10.8. The van der Waals surface area contributed by atoms with E-state index in [4.69, 9.17) is 0 Å². The number of fused-ring (bicyclic) bond motifs is 1. The van der Waals surface area contributed by atoms with Crippen molar-refractivity contribution in [2.75, 3.05) is 12.3 Å². The predicted octanol–water partition coefficient (Wildman–Crippen LogP) is 5.35. The number of halogens is 1. The molecule has 33 heavy (non-hydrogen) atoms. The van der Waals surface area contributed by atoms with E-state index in [2.05, 4.69) is 11.1 Å². The van der Waals surface area contributed by atoms with Gasteiger partial charge in [-0.2, -0.15) is 0 Å². The van der Waals surface area contributed by atoms with Crippen LogP contribution in [0.2, 0.25) is 0 Å². The van der Waals surface area contributed by atoms with Crippen LogP contribution in [0.1, 0.15) is 29.3 Å². The van der Waals surface area contributed by atoms with Crippen LogP contribution in [-0.2, 0) is 4.79 Å². The van der Waals surface area contributed by atoms with E-state index in [0.29, 0.717) is 27.3 Å². The number of benzene rings is 2. The van der Waals surface area contributed by atoms with E-state index >= 15 is 0 Å². The number of carbonyl (C=O) groups is 1. The minimum atomic E-state index is -0.393. The Hall–Kier alpha value is -2.97. The molecule has 1 unspecified atom stereocenters. The maximum absolute atomic E-state index is 14.3. The van der Waals surface area contributed by atoms with E-state index in [1.807, 2.05) is 22.4 Å². The van der Waals surface area contributed by atoms with Gasteiger partial charge in [-0.3, -0.25) is 14.2 Å². The quantitative estimate of drug-likeness (QED) is 0.286. The second-order valence-corrected chi connectivity index (χ2v) is 9.96. The summed E-state index contributed by atoms with van der Waals surface area (Å²) in [6, 6.07) is 16.0. The zero-order valence-corrected chi connectivity index (χ0v) is 19.7. The average molecular weight is 480 g/mol. The smallest absolute Gasteiger partial charge is 0.266 e. The Morgan fingerprint density at radius 3 is 2.85 bits per heavy atom. The van der Waals surface area contributed by atoms with Crippen LogP contribution in [0.4, 0.5) is 4.39 Å². The van der Waals surface area contributed by atoms with Crippen molar-refractivity contribution in [3.63, 3.8) is 0 Å². The average Bonchev–Trinajstić information content (AvgIpc) is 3.51. The summed E-state index contributed by atoms with van der Waals surface area (Å²) >= 11 is 2.88. The fourth-order valence-corrected chi connectivity index (χ4v) is 5.98. The topological polar surface area (TPSA) is 55.2 Å². The highest BCUT2D eigenvalue weighted by Gasteiger charge is 2.30. The number of amides is 1. The highest BCUT2D eigenvalue weighted by molar-refractivity contribution is 7.99. The third-order valence-corrected chi connectivity index (χ3v) is 7.82. The van der Waals surface area contributed by atoms with Gasteiger partial charge in [-0.15, -0.1) is 11.3 Å². The zero-order chi connectivity index (χ0) is 22.9. The summed E-state index contributed by atoms with van der Waals surface area (Å²) in [5.41, 5.74) is 1.17. The Morgan fingerprint density at radius 1 is 1.21 bits per heavy atom. The summed E-state index contributed by atoms with van der Waals surface area (Å²) in [6.45, 7) is 2.40. The third kappa shape index (κ3) is 4.20. The normalized spacial score (nSPS) is 15.9.